The number of fused-ring (bicyclic) bond motifs is 1. The van der Waals surface area contributed by atoms with E-state index in [2.05, 4.69) is 39.1 Å². The van der Waals surface area contributed by atoms with Crippen molar-refractivity contribution in [1.82, 2.24) is 15.1 Å². The predicted molar refractivity (Wildman–Crippen MR) is 159 cm³/mol. The molecule has 0 radical (unpaired) electrons. The quantitative estimate of drug-likeness (QED) is 0.350. The fourth-order valence-electron chi connectivity index (χ4n) is 4.86. The van der Waals surface area contributed by atoms with E-state index in [9.17, 15) is 9.59 Å². The summed E-state index contributed by atoms with van der Waals surface area (Å²) in [7, 11) is 1.63. The topological polar surface area (TPSA) is 76.5 Å². The average molecular weight is 569 g/mol. The van der Waals surface area contributed by atoms with E-state index in [4.69, 9.17) is 21.4 Å². The second-order valence-corrected chi connectivity index (χ2v) is 12.5. The highest BCUT2D eigenvalue weighted by Crippen LogP contribution is 2.48. The van der Waals surface area contributed by atoms with Crippen molar-refractivity contribution in [3.05, 3.63) is 75.4 Å². The third kappa shape index (κ3) is 6.51. The van der Waals surface area contributed by atoms with E-state index in [-0.39, 0.29) is 34.8 Å². The van der Waals surface area contributed by atoms with Gasteiger partial charge in [-0.3, -0.25) is 14.5 Å². The summed E-state index contributed by atoms with van der Waals surface area (Å²) in [5.41, 5.74) is 5.55. The molecule has 9 heteroatoms. The molecule has 0 saturated carbocycles. The van der Waals surface area contributed by atoms with Gasteiger partial charge in [0.1, 0.15) is 12.4 Å². The minimum atomic E-state index is -0.327. The SMILES string of the molecule is COCCCNC(=O)CN1C(=O)CSC(c2cccc(Cl)c2)c2c(C(C)(C)C)nn(-c3ccc(C)cc3C)c21. The summed E-state index contributed by atoms with van der Waals surface area (Å²) in [4.78, 5) is 28.5. The van der Waals surface area contributed by atoms with Crippen LogP contribution in [0.1, 0.15) is 60.4 Å². The van der Waals surface area contributed by atoms with Crippen LogP contribution in [0.4, 0.5) is 5.82 Å². The molecule has 0 fully saturated rings. The molecular weight excluding hydrogens is 532 g/mol. The number of rotatable bonds is 8. The standard InChI is InChI=1S/C30H37ClN4O3S/c1-19-11-12-23(20(2)15-19)35-29-26(28(33-35)30(3,4)5)27(21-9-7-10-22(31)16-21)39-18-25(37)34(29)17-24(36)32-13-8-14-38-6/h7,9-12,15-16,27H,8,13-14,17-18H2,1-6H3,(H,32,36). The fourth-order valence-corrected chi connectivity index (χ4v) is 6.25. The molecule has 1 aliphatic rings. The number of anilines is 1. The Labute approximate surface area is 240 Å². The van der Waals surface area contributed by atoms with Gasteiger partial charge >= 0.3 is 0 Å². The summed E-state index contributed by atoms with van der Waals surface area (Å²) < 4.78 is 6.96. The van der Waals surface area contributed by atoms with Gasteiger partial charge in [-0.25, -0.2) is 4.68 Å². The molecule has 0 saturated heterocycles. The van der Waals surface area contributed by atoms with Gasteiger partial charge in [-0.15, -0.1) is 11.8 Å². The third-order valence-corrected chi connectivity index (χ3v) is 8.17. The monoisotopic (exact) mass is 568 g/mol. The second-order valence-electron chi connectivity index (χ2n) is 11.0. The van der Waals surface area contributed by atoms with Crippen molar-refractivity contribution in [2.45, 2.75) is 51.7 Å². The first kappa shape index (κ1) is 29.2. The van der Waals surface area contributed by atoms with Crippen LogP contribution in [0.25, 0.3) is 5.69 Å². The minimum Gasteiger partial charge on any atom is -0.385 e. The molecule has 39 heavy (non-hydrogen) atoms. The summed E-state index contributed by atoms with van der Waals surface area (Å²) in [5, 5.41) is 8.55. The first-order chi connectivity index (χ1) is 18.5. The number of hydrogen-bond donors (Lipinski definition) is 1. The van der Waals surface area contributed by atoms with Gasteiger partial charge in [-0.05, 0) is 49.6 Å². The Morgan fingerprint density at radius 1 is 1.21 bits per heavy atom. The molecule has 208 valence electrons. The van der Waals surface area contributed by atoms with Crippen LogP contribution in [0.3, 0.4) is 0 Å². The van der Waals surface area contributed by atoms with E-state index in [1.165, 1.54) is 0 Å². The zero-order chi connectivity index (χ0) is 28.3. The Kier molecular flexibility index (Phi) is 9.09. The van der Waals surface area contributed by atoms with Crippen molar-refractivity contribution in [3.8, 4) is 5.69 Å². The van der Waals surface area contributed by atoms with Crippen LogP contribution in [-0.4, -0.2) is 54.2 Å². The molecule has 1 aromatic heterocycles. The van der Waals surface area contributed by atoms with Crippen molar-refractivity contribution < 1.29 is 14.3 Å². The zero-order valence-corrected chi connectivity index (χ0v) is 25.1. The van der Waals surface area contributed by atoms with Crippen LogP contribution < -0.4 is 10.2 Å². The van der Waals surface area contributed by atoms with Gasteiger partial charge in [0.05, 0.1) is 22.4 Å². The number of aryl methyl sites for hydroxylation is 2. The van der Waals surface area contributed by atoms with Crippen molar-refractivity contribution in [2.75, 3.05) is 37.5 Å². The van der Waals surface area contributed by atoms with Crippen LogP contribution in [0.2, 0.25) is 5.02 Å². The van der Waals surface area contributed by atoms with Gasteiger partial charge in [0, 0.05) is 36.3 Å². The summed E-state index contributed by atoms with van der Waals surface area (Å²) in [6, 6.07) is 14.0. The van der Waals surface area contributed by atoms with Gasteiger partial charge < -0.3 is 10.1 Å². The van der Waals surface area contributed by atoms with Crippen LogP contribution in [0, 0.1) is 13.8 Å². The lowest BCUT2D eigenvalue weighted by Crippen LogP contribution is -2.42. The molecule has 3 aromatic rings. The maximum atomic E-state index is 13.8. The Morgan fingerprint density at radius 2 is 1.97 bits per heavy atom. The van der Waals surface area contributed by atoms with Crippen molar-refractivity contribution in [2.24, 2.45) is 0 Å². The number of aromatic nitrogens is 2. The van der Waals surface area contributed by atoms with E-state index in [1.54, 1.807) is 23.8 Å². The summed E-state index contributed by atoms with van der Waals surface area (Å²) in [6.07, 6.45) is 0.697. The van der Waals surface area contributed by atoms with Crippen molar-refractivity contribution in [3.63, 3.8) is 0 Å². The van der Waals surface area contributed by atoms with Gasteiger partial charge in [0.15, 0.2) is 0 Å². The molecular formula is C30H37ClN4O3S. The lowest BCUT2D eigenvalue weighted by Gasteiger charge is -2.25. The Morgan fingerprint density at radius 3 is 2.64 bits per heavy atom. The molecule has 2 heterocycles. The molecule has 0 bridgehead atoms. The molecule has 1 aliphatic heterocycles. The van der Waals surface area contributed by atoms with Crippen molar-refractivity contribution in [1.29, 1.82) is 0 Å². The largest absolute Gasteiger partial charge is 0.385 e. The van der Waals surface area contributed by atoms with E-state index < -0.39 is 0 Å². The maximum absolute atomic E-state index is 13.8. The number of nitrogens with zero attached hydrogens (tertiary/aromatic N) is 3. The number of thioether (sulfide) groups is 1. The van der Waals surface area contributed by atoms with E-state index in [0.717, 1.165) is 33.6 Å². The first-order valence-electron chi connectivity index (χ1n) is 13.2. The Hall–Kier alpha value is -2.81. The smallest absolute Gasteiger partial charge is 0.240 e. The summed E-state index contributed by atoms with van der Waals surface area (Å²) in [5.74, 6) is 0.504. The highest BCUT2D eigenvalue weighted by molar-refractivity contribution is 8.00. The van der Waals surface area contributed by atoms with E-state index >= 15 is 0 Å². The molecule has 1 N–H and O–H groups in total. The predicted octanol–water partition coefficient (Wildman–Crippen LogP) is 5.76. The first-order valence-corrected chi connectivity index (χ1v) is 14.6. The van der Waals surface area contributed by atoms with Gasteiger partial charge in [-0.1, -0.05) is 62.2 Å². The number of ether oxygens (including phenoxy) is 1. The average Bonchev–Trinajstić information content (AvgIpc) is 3.19. The lowest BCUT2D eigenvalue weighted by molar-refractivity contribution is -0.122. The number of hydrogen-bond acceptors (Lipinski definition) is 5. The molecule has 4 rings (SSSR count). The zero-order valence-electron chi connectivity index (χ0n) is 23.5. The Bertz CT molecular complexity index is 1360. The van der Waals surface area contributed by atoms with Crippen molar-refractivity contribution >= 4 is 41.0 Å². The number of nitrogens with one attached hydrogen (secondary N) is 1. The third-order valence-electron chi connectivity index (χ3n) is 6.68. The fraction of sp³-hybridized carbons (Fsp3) is 0.433. The number of methoxy groups -OCH3 is 1. The van der Waals surface area contributed by atoms with Gasteiger partial charge in [0.25, 0.3) is 0 Å². The number of amides is 2. The molecule has 2 aromatic carbocycles. The number of carbonyl (C=O) groups excluding carboxylic acids is 2. The van der Waals surface area contributed by atoms with Crippen LogP contribution in [-0.2, 0) is 19.7 Å². The highest BCUT2D eigenvalue weighted by Gasteiger charge is 2.40. The lowest BCUT2D eigenvalue weighted by atomic mass is 9.87. The highest BCUT2D eigenvalue weighted by atomic mass is 35.5. The Balaban J connectivity index is 1.94. The molecule has 7 nitrogen and oxygen atoms in total. The van der Waals surface area contributed by atoms with Gasteiger partial charge in [-0.2, -0.15) is 5.10 Å². The summed E-state index contributed by atoms with van der Waals surface area (Å²) >= 11 is 7.97. The molecule has 0 spiro atoms. The molecule has 1 unspecified atom stereocenters. The van der Waals surface area contributed by atoms with Gasteiger partial charge in [0.2, 0.25) is 11.8 Å². The molecule has 2 amide bonds. The molecule has 0 aliphatic carbocycles. The normalized spacial score (nSPS) is 15.7. The van der Waals surface area contributed by atoms with E-state index in [0.29, 0.717) is 30.4 Å². The number of benzene rings is 2. The van der Waals surface area contributed by atoms with Crippen LogP contribution >= 0.6 is 23.4 Å². The second kappa shape index (κ2) is 12.1. The number of halogens is 1. The molecule has 1 atom stereocenters. The minimum absolute atomic E-state index is 0.0954. The van der Waals surface area contributed by atoms with E-state index in [1.807, 2.05) is 48.0 Å². The summed E-state index contributed by atoms with van der Waals surface area (Å²) in [6.45, 7) is 11.4. The van der Waals surface area contributed by atoms with Crippen LogP contribution in [0.5, 0.6) is 0 Å². The maximum Gasteiger partial charge on any atom is 0.240 e. The number of carbonyl (C=O) groups is 2. The van der Waals surface area contributed by atoms with Crippen LogP contribution in [0.15, 0.2) is 42.5 Å².